The highest BCUT2D eigenvalue weighted by molar-refractivity contribution is 7.85. The van der Waals surface area contributed by atoms with E-state index >= 15 is 0 Å². The standard InChI is InChI=1S/C36H35F2N5O7S/c1-36(2,3)20-16-27(32(48-4)28(17-20)43-51(5)47)42-35(46)41-26-12-13-29(24-9-7-6-8-23(24)26)49-22-14-15-39-31(19-22)40-21-10-11-25(33(44)45)30(18-21)50-34(37)38/h6-19,34,43H,1-5H3,(H,39,40)(H,44,45)(H2,41,42,46). The first-order valence-corrected chi connectivity index (χ1v) is 16.9. The van der Waals surface area contributed by atoms with E-state index < -0.39 is 40.9 Å². The molecule has 5 rings (SSSR count). The Morgan fingerprint density at radius 1 is 0.882 bits per heavy atom. The number of nitrogens with zero attached hydrogens (tertiary/aromatic N) is 1. The summed E-state index contributed by atoms with van der Waals surface area (Å²) < 4.78 is 56.9. The summed E-state index contributed by atoms with van der Waals surface area (Å²) in [4.78, 5) is 29.1. The SMILES string of the molecule is COc1c(NC(=O)Nc2ccc(Oc3ccnc(Nc4ccc(C(=O)O)c(OC(F)F)c4)c3)c3ccccc23)cc(C(C)(C)C)cc1NS(C)=O. The van der Waals surface area contributed by atoms with Gasteiger partial charge in [0, 0.05) is 41.0 Å². The van der Waals surface area contributed by atoms with Gasteiger partial charge in [0.05, 0.1) is 24.2 Å². The van der Waals surface area contributed by atoms with Crippen molar-refractivity contribution in [1.29, 1.82) is 0 Å². The molecule has 2 amide bonds. The van der Waals surface area contributed by atoms with Crippen LogP contribution in [0.25, 0.3) is 10.8 Å². The van der Waals surface area contributed by atoms with Crippen molar-refractivity contribution in [3.8, 4) is 23.0 Å². The summed E-state index contributed by atoms with van der Waals surface area (Å²) >= 11 is 0. The van der Waals surface area contributed by atoms with Crippen LogP contribution in [-0.2, 0) is 16.4 Å². The average Bonchev–Trinajstić information content (AvgIpc) is 3.05. The van der Waals surface area contributed by atoms with Crippen molar-refractivity contribution in [2.45, 2.75) is 32.8 Å². The Labute approximate surface area is 294 Å². The number of carbonyl (C=O) groups excluding carboxylic acids is 1. The van der Waals surface area contributed by atoms with Gasteiger partial charge in [-0.05, 0) is 53.4 Å². The molecule has 15 heteroatoms. The largest absolute Gasteiger partial charge is 0.492 e. The van der Waals surface area contributed by atoms with E-state index in [2.05, 4.69) is 30.4 Å². The van der Waals surface area contributed by atoms with Crippen LogP contribution < -0.4 is 34.9 Å². The minimum absolute atomic E-state index is 0.259. The number of amides is 2. The van der Waals surface area contributed by atoms with E-state index in [0.29, 0.717) is 45.1 Å². The molecule has 1 atom stereocenters. The molecule has 4 aromatic carbocycles. The molecule has 0 spiro atoms. The molecule has 0 fully saturated rings. The summed E-state index contributed by atoms with van der Waals surface area (Å²) in [5.41, 5.74) is 1.80. The Hall–Kier alpha value is -5.96. The van der Waals surface area contributed by atoms with E-state index in [1.54, 1.807) is 24.3 Å². The minimum atomic E-state index is -3.21. The molecule has 1 unspecified atom stereocenters. The van der Waals surface area contributed by atoms with Gasteiger partial charge in [0.2, 0.25) is 0 Å². The molecule has 1 heterocycles. The van der Waals surface area contributed by atoms with Gasteiger partial charge >= 0.3 is 18.6 Å². The zero-order chi connectivity index (χ0) is 36.9. The number of nitrogens with one attached hydrogen (secondary N) is 4. The number of urea groups is 1. The molecule has 0 bridgehead atoms. The van der Waals surface area contributed by atoms with E-state index in [1.807, 2.05) is 57.2 Å². The lowest BCUT2D eigenvalue weighted by molar-refractivity contribution is -0.0502. The quantitative estimate of drug-likeness (QED) is 0.0850. The number of halogens is 2. The molecule has 5 aromatic rings. The van der Waals surface area contributed by atoms with Gasteiger partial charge < -0.3 is 40.0 Å². The molecule has 0 aliphatic rings. The van der Waals surface area contributed by atoms with E-state index in [1.165, 1.54) is 25.6 Å². The fourth-order valence-corrected chi connectivity index (χ4v) is 5.60. The van der Waals surface area contributed by atoms with Crippen LogP contribution in [0.4, 0.5) is 42.1 Å². The topological polar surface area (TPSA) is 160 Å². The Morgan fingerprint density at radius 2 is 1.59 bits per heavy atom. The number of methoxy groups -OCH3 is 1. The smallest absolute Gasteiger partial charge is 0.387 e. The van der Waals surface area contributed by atoms with Crippen molar-refractivity contribution in [3.05, 3.63) is 96.2 Å². The van der Waals surface area contributed by atoms with Crippen molar-refractivity contribution < 1.29 is 41.9 Å². The van der Waals surface area contributed by atoms with E-state index in [0.717, 1.165) is 17.7 Å². The molecule has 12 nitrogen and oxygen atoms in total. The van der Waals surface area contributed by atoms with Crippen LogP contribution in [0.5, 0.6) is 23.0 Å². The molecule has 0 saturated heterocycles. The zero-order valence-corrected chi connectivity index (χ0v) is 29.0. The third-order valence-corrected chi connectivity index (χ3v) is 7.96. The Balaban J connectivity index is 1.37. The highest BCUT2D eigenvalue weighted by Crippen LogP contribution is 2.40. The summed E-state index contributed by atoms with van der Waals surface area (Å²) in [6, 6.07) is 20.7. The second kappa shape index (κ2) is 15.3. The first-order chi connectivity index (χ1) is 24.2. The number of anilines is 5. The summed E-state index contributed by atoms with van der Waals surface area (Å²) in [5, 5.41) is 19.4. The van der Waals surface area contributed by atoms with Crippen LogP contribution in [0, 0.1) is 0 Å². The number of carbonyl (C=O) groups is 2. The van der Waals surface area contributed by atoms with Crippen molar-refractivity contribution >= 4 is 62.3 Å². The predicted octanol–water partition coefficient (Wildman–Crippen LogP) is 8.73. The Morgan fingerprint density at radius 3 is 2.25 bits per heavy atom. The summed E-state index contributed by atoms with van der Waals surface area (Å²) in [6.07, 6.45) is 2.98. The minimum Gasteiger partial charge on any atom is -0.492 e. The van der Waals surface area contributed by atoms with Crippen molar-refractivity contribution in [1.82, 2.24) is 4.98 Å². The van der Waals surface area contributed by atoms with Gasteiger partial charge in [-0.25, -0.2) is 18.8 Å². The van der Waals surface area contributed by atoms with Crippen molar-refractivity contribution in [2.24, 2.45) is 0 Å². The monoisotopic (exact) mass is 719 g/mol. The summed E-state index contributed by atoms with van der Waals surface area (Å²) in [6.45, 7) is 2.86. The third-order valence-electron chi connectivity index (χ3n) is 7.45. The fraction of sp³-hybridized carbons (Fsp3) is 0.194. The van der Waals surface area contributed by atoms with Crippen molar-refractivity contribution in [3.63, 3.8) is 0 Å². The van der Waals surface area contributed by atoms with Gasteiger partial charge in [0.1, 0.15) is 39.6 Å². The number of pyridine rings is 1. The third kappa shape index (κ3) is 8.99. The predicted molar refractivity (Wildman–Crippen MR) is 194 cm³/mol. The maximum atomic E-state index is 13.4. The van der Waals surface area contributed by atoms with Crippen LogP contribution in [0.15, 0.2) is 85.1 Å². The number of rotatable bonds is 12. The number of aromatic carboxylic acids is 1. The van der Waals surface area contributed by atoms with Gasteiger partial charge in [-0.1, -0.05) is 45.0 Å². The lowest BCUT2D eigenvalue weighted by Gasteiger charge is -2.24. The molecule has 0 aliphatic carbocycles. The second-order valence-electron chi connectivity index (χ2n) is 12.1. The van der Waals surface area contributed by atoms with Crippen LogP contribution in [0.3, 0.4) is 0 Å². The van der Waals surface area contributed by atoms with Gasteiger partial charge in [0.15, 0.2) is 5.75 Å². The van der Waals surface area contributed by atoms with E-state index in [4.69, 9.17) is 9.47 Å². The molecule has 5 N–H and O–H groups in total. The second-order valence-corrected chi connectivity index (χ2v) is 13.3. The average molecular weight is 720 g/mol. The normalized spacial score (nSPS) is 11.8. The van der Waals surface area contributed by atoms with Gasteiger partial charge in [-0.15, -0.1) is 0 Å². The molecular weight excluding hydrogens is 684 g/mol. The number of benzene rings is 4. The summed E-state index contributed by atoms with van der Waals surface area (Å²) in [5.74, 6) is -0.457. The van der Waals surface area contributed by atoms with Gasteiger partial charge in [-0.2, -0.15) is 8.78 Å². The Bertz CT molecular complexity index is 2120. The first-order valence-electron chi connectivity index (χ1n) is 15.4. The maximum Gasteiger partial charge on any atom is 0.387 e. The van der Waals surface area contributed by atoms with Gasteiger partial charge in [-0.3, -0.25) is 0 Å². The number of carboxylic acid groups (broad SMARTS) is 1. The van der Waals surface area contributed by atoms with Gasteiger partial charge in [0.25, 0.3) is 0 Å². The first kappa shape index (κ1) is 36.3. The molecular formula is C36H35F2N5O7S. The maximum absolute atomic E-state index is 13.4. The zero-order valence-electron chi connectivity index (χ0n) is 28.2. The number of hydrogen-bond donors (Lipinski definition) is 5. The molecule has 51 heavy (non-hydrogen) atoms. The van der Waals surface area contributed by atoms with E-state index in [-0.39, 0.29) is 16.9 Å². The number of carboxylic acids is 1. The molecule has 266 valence electrons. The Kier molecular flexibility index (Phi) is 10.9. The molecule has 1 aromatic heterocycles. The van der Waals surface area contributed by atoms with Crippen LogP contribution in [-0.4, -0.2) is 46.3 Å². The lowest BCUT2D eigenvalue weighted by atomic mass is 9.86. The lowest BCUT2D eigenvalue weighted by Crippen LogP contribution is -2.21. The molecule has 0 radical (unpaired) electrons. The highest BCUT2D eigenvalue weighted by Gasteiger charge is 2.22. The van der Waals surface area contributed by atoms with Crippen molar-refractivity contribution in [2.75, 3.05) is 34.0 Å². The highest BCUT2D eigenvalue weighted by atomic mass is 32.2. The van der Waals surface area contributed by atoms with Crippen LogP contribution >= 0.6 is 0 Å². The number of hydrogen-bond acceptors (Lipinski definition) is 8. The van der Waals surface area contributed by atoms with E-state index in [9.17, 15) is 27.7 Å². The number of alkyl halides is 2. The molecule has 0 saturated carbocycles. The number of ether oxygens (including phenoxy) is 3. The fourth-order valence-electron chi connectivity index (χ4n) is 5.14. The number of fused-ring (bicyclic) bond motifs is 1. The summed E-state index contributed by atoms with van der Waals surface area (Å²) in [7, 11) is 0.0781. The number of aromatic nitrogens is 1. The van der Waals surface area contributed by atoms with Crippen LogP contribution in [0.2, 0.25) is 0 Å². The molecule has 0 aliphatic heterocycles. The van der Waals surface area contributed by atoms with Crippen LogP contribution in [0.1, 0.15) is 36.7 Å².